The first-order valence-electron chi connectivity index (χ1n) is 11.8. The van der Waals surface area contributed by atoms with Crippen LogP contribution in [0.5, 0.6) is 5.75 Å². The number of para-hydroxylation sites is 1. The molecule has 2 amide bonds. The van der Waals surface area contributed by atoms with E-state index in [1.165, 1.54) is 0 Å². The highest BCUT2D eigenvalue weighted by Gasteiger charge is 2.39. The first-order chi connectivity index (χ1) is 16.3. The number of carbonyl (C=O) groups is 2. The van der Waals surface area contributed by atoms with E-state index in [9.17, 15) is 9.59 Å². The average Bonchev–Trinajstić information content (AvgIpc) is 3.46. The number of ether oxygens (including phenoxy) is 1. The number of methoxy groups -OCH3 is 1. The molecule has 3 aromatic rings. The largest absolute Gasteiger partial charge is 0.497 e. The van der Waals surface area contributed by atoms with Gasteiger partial charge in [-0.3, -0.25) is 9.59 Å². The summed E-state index contributed by atoms with van der Waals surface area (Å²) in [6.45, 7) is 5.84. The Balaban J connectivity index is 1.75. The van der Waals surface area contributed by atoms with E-state index in [0.29, 0.717) is 5.75 Å². The number of hydrogen-bond donors (Lipinski definition) is 1. The number of rotatable bonds is 7. The van der Waals surface area contributed by atoms with Gasteiger partial charge in [-0.1, -0.05) is 42.3 Å². The lowest BCUT2D eigenvalue weighted by Crippen LogP contribution is -2.52. The van der Waals surface area contributed by atoms with Crippen LogP contribution in [0.3, 0.4) is 0 Å². The van der Waals surface area contributed by atoms with Crippen molar-refractivity contribution in [3.05, 3.63) is 54.1 Å². The third-order valence-electron chi connectivity index (χ3n) is 6.15. The normalized spacial score (nSPS) is 15.3. The summed E-state index contributed by atoms with van der Waals surface area (Å²) in [5.74, 6) is 0.288. The minimum absolute atomic E-state index is 0.0142. The van der Waals surface area contributed by atoms with Crippen LogP contribution in [0, 0.1) is 0 Å². The van der Waals surface area contributed by atoms with E-state index in [1.807, 2.05) is 69.3 Å². The molecule has 1 saturated carbocycles. The Morgan fingerprint density at radius 3 is 2.59 bits per heavy atom. The molecule has 0 saturated heterocycles. The molecule has 1 unspecified atom stereocenters. The van der Waals surface area contributed by atoms with Crippen molar-refractivity contribution in [2.24, 2.45) is 0 Å². The lowest BCUT2D eigenvalue weighted by atomic mass is 9.99. The summed E-state index contributed by atoms with van der Waals surface area (Å²) in [5.41, 5.74) is 1.81. The number of aromatic nitrogens is 3. The zero-order valence-corrected chi connectivity index (χ0v) is 20.3. The number of amides is 2. The van der Waals surface area contributed by atoms with E-state index in [-0.39, 0.29) is 24.4 Å². The molecule has 0 radical (unpaired) electrons. The minimum atomic E-state index is -0.778. The minimum Gasteiger partial charge on any atom is -0.497 e. The zero-order chi connectivity index (χ0) is 24.3. The lowest BCUT2D eigenvalue weighted by molar-refractivity contribution is -0.144. The fourth-order valence-electron chi connectivity index (χ4n) is 4.67. The Hall–Kier alpha value is -3.42. The van der Waals surface area contributed by atoms with Crippen LogP contribution in [0.4, 0.5) is 0 Å². The maximum atomic E-state index is 13.9. The molecule has 0 aliphatic heterocycles. The smallest absolute Gasteiger partial charge is 0.247 e. The predicted molar refractivity (Wildman–Crippen MR) is 130 cm³/mol. The van der Waals surface area contributed by atoms with Gasteiger partial charge in [-0.25, -0.2) is 4.68 Å². The molecule has 1 aliphatic carbocycles. The number of carbonyl (C=O) groups excluding carboxylic acids is 2. The first-order valence-corrected chi connectivity index (χ1v) is 11.8. The van der Waals surface area contributed by atoms with Crippen LogP contribution in [-0.4, -0.2) is 50.4 Å². The Morgan fingerprint density at radius 2 is 1.88 bits per heavy atom. The molecular formula is C26H33N5O3. The monoisotopic (exact) mass is 463 g/mol. The maximum absolute atomic E-state index is 13.9. The summed E-state index contributed by atoms with van der Waals surface area (Å²) in [6, 6.07) is 14.2. The summed E-state index contributed by atoms with van der Waals surface area (Å²) >= 11 is 0. The number of hydrogen-bond acceptors (Lipinski definition) is 5. The quantitative estimate of drug-likeness (QED) is 0.575. The van der Waals surface area contributed by atoms with Crippen molar-refractivity contribution in [3.63, 3.8) is 0 Å². The van der Waals surface area contributed by atoms with E-state index in [2.05, 4.69) is 15.6 Å². The van der Waals surface area contributed by atoms with Crippen LogP contribution in [0.1, 0.15) is 58.1 Å². The topological polar surface area (TPSA) is 89.4 Å². The molecule has 1 heterocycles. The fourth-order valence-corrected chi connectivity index (χ4v) is 4.67. The molecule has 2 aromatic carbocycles. The lowest BCUT2D eigenvalue weighted by Gasteiger charge is -2.37. The van der Waals surface area contributed by atoms with Crippen molar-refractivity contribution in [1.29, 1.82) is 0 Å². The summed E-state index contributed by atoms with van der Waals surface area (Å²) < 4.78 is 7.04. The molecule has 1 N–H and O–H groups in total. The number of nitrogens with zero attached hydrogens (tertiary/aromatic N) is 4. The van der Waals surface area contributed by atoms with Gasteiger partial charge in [0.05, 0.1) is 12.6 Å². The average molecular weight is 464 g/mol. The van der Waals surface area contributed by atoms with Crippen molar-refractivity contribution in [3.8, 4) is 5.75 Å². The van der Waals surface area contributed by atoms with Gasteiger partial charge < -0.3 is 15.0 Å². The Bertz CT molecular complexity index is 1160. The fraction of sp³-hybridized carbons (Fsp3) is 0.462. The predicted octanol–water partition coefficient (Wildman–Crippen LogP) is 3.87. The summed E-state index contributed by atoms with van der Waals surface area (Å²) in [5, 5.41) is 11.5. The van der Waals surface area contributed by atoms with E-state index >= 15 is 0 Å². The van der Waals surface area contributed by atoms with Crippen molar-refractivity contribution < 1.29 is 14.3 Å². The molecule has 1 aliphatic rings. The molecule has 1 fully saturated rings. The summed E-state index contributed by atoms with van der Waals surface area (Å²) in [6.07, 6.45) is 3.80. The van der Waals surface area contributed by atoms with Crippen LogP contribution in [0.2, 0.25) is 0 Å². The third kappa shape index (κ3) is 5.21. The van der Waals surface area contributed by atoms with Crippen LogP contribution in [0.15, 0.2) is 48.5 Å². The van der Waals surface area contributed by atoms with Crippen molar-refractivity contribution >= 4 is 22.8 Å². The second-order valence-corrected chi connectivity index (χ2v) is 9.89. The molecule has 0 spiro atoms. The van der Waals surface area contributed by atoms with Crippen LogP contribution >= 0.6 is 0 Å². The van der Waals surface area contributed by atoms with Crippen molar-refractivity contribution in [2.75, 3.05) is 7.11 Å². The molecular weight excluding hydrogens is 430 g/mol. The molecule has 34 heavy (non-hydrogen) atoms. The standard InChI is InChI=1S/C26H33N5O3/c1-26(2,3)27-25(33)24(18-10-9-13-20(16-18)34-4)31(19-11-5-6-12-19)23(32)17-30-22-15-8-7-14-21(22)28-29-30/h7-10,13-16,19,24H,5-6,11-12,17H2,1-4H3,(H,27,33). The SMILES string of the molecule is COc1cccc(C(C(=O)NC(C)(C)C)N(C(=O)Cn2nnc3ccccc32)C2CCCC2)c1. The number of benzene rings is 2. The van der Waals surface area contributed by atoms with Gasteiger partial charge in [-0.2, -0.15) is 0 Å². The third-order valence-corrected chi connectivity index (χ3v) is 6.15. The molecule has 8 nitrogen and oxygen atoms in total. The van der Waals surface area contributed by atoms with Gasteiger partial charge in [0, 0.05) is 11.6 Å². The van der Waals surface area contributed by atoms with Crippen LogP contribution in [0.25, 0.3) is 11.0 Å². The molecule has 1 atom stereocenters. The molecule has 8 heteroatoms. The van der Waals surface area contributed by atoms with E-state index in [0.717, 1.165) is 42.3 Å². The molecule has 4 rings (SSSR count). The van der Waals surface area contributed by atoms with Gasteiger partial charge in [0.2, 0.25) is 11.8 Å². The Labute approximate surface area is 200 Å². The summed E-state index contributed by atoms with van der Waals surface area (Å²) in [7, 11) is 1.60. The van der Waals surface area contributed by atoms with Gasteiger partial charge in [0.15, 0.2) is 0 Å². The maximum Gasteiger partial charge on any atom is 0.247 e. The van der Waals surface area contributed by atoms with Crippen molar-refractivity contribution in [2.45, 2.75) is 70.6 Å². The molecule has 0 bridgehead atoms. The Morgan fingerprint density at radius 1 is 1.15 bits per heavy atom. The second-order valence-electron chi connectivity index (χ2n) is 9.89. The highest BCUT2D eigenvalue weighted by atomic mass is 16.5. The molecule has 180 valence electrons. The second kappa shape index (κ2) is 9.83. The highest BCUT2D eigenvalue weighted by Crippen LogP contribution is 2.33. The molecule has 1 aromatic heterocycles. The van der Waals surface area contributed by atoms with Crippen LogP contribution in [-0.2, 0) is 16.1 Å². The van der Waals surface area contributed by atoms with Gasteiger partial charge in [0.25, 0.3) is 0 Å². The first kappa shape index (κ1) is 23.7. The van der Waals surface area contributed by atoms with Gasteiger partial charge >= 0.3 is 0 Å². The van der Waals surface area contributed by atoms with Crippen LogP contribution < -0.4 is 10.1 Å². The van der Waals surface area contributed by atoms with Gasteiger partial charge in [0.1, 0.15) is 23.9 Å². The van der Waals surface area contributed by atoms with Crippen molar-refractivity contribution in [1.82, 2.24) is 25.2 Å². The highest BCUT2D eigenvalue weighted by molar-refractivity contribution is 5.90. The van der Waals surface area contributed by atoms with E-state index in [4.69, 9.17) is 4.74 Å². The van der Waals surface area contributed by atoms with E-state index < -0.39 is 11.6 Å². The van der Waals surface area contributed by atoms with Gasteiger partial charge in [-0.05, 0) is 63.4 Å². The number of fused-ring (bicyclic) bond motifs is 1. The Kier molecular flexibility index (Phi) is 6.86. The summed E-state index contributed by atoms with van der Waals surface area (Å²) in [4.78, 5) is 29.4. The van der Waals surface area contributed by atoms with E-state index in [1.54, 1.807) is 16.7 Å². The zero-order valence-electron chi connectivity index (χ0n) is 20.3. The van der Waals surface area contributed by atoms with Gasteiger partial charge in [-0.15, -0.1) is 5.10 Å². The number of nitrogens with one attached hydrogen (secondary N) is 1.